The van der Waals surface area contributed by atoms with Gasteiger partial charge < -0.3 is 0 Å². The van der Waals surface area contributed by atoms with Gasteiger partial charge in [-0.3, -0.25) is 0 Å². The summed E-state index contributed by atoms with van der Waals surface area (Å²) in [6.07, 6.45) is 0. The maximum Gasteiger partial charge on any atom is 0.00167 e. The molecule has 0 atom stereocenters. The number of benzene rings is 2. The summed E-state index contributed by atoms with van der Waals surface area (Å²) in [4.78, 5) is 0. The summed E-state index contributed by atoms with van der Waals surface area (Å²) in [5, 5.41) is 17.4. The van der Waals surface area contributed by atoms with E-state index in [1.54, 1.807) is 22.7 Å². The van der Waals surface area contributed by atoms with Crippen LogP contribution < -0.4 is 0 Å². The van der Waals surface area contributed by atoms with Crippen molar-refractivity contribution < 1.29 is 0 Å². The van der Waals surface area contributed by atoms with Gasteiger partial charge in [0, 0.05) is 21.5 Å². The third-order valence-corrected chi connectivity index (χ3v) is 4.61. The first-order chi connectivity index (χ1) is 7.95. The molecule has 2 aromatic heterocycles. The number of fused-ring (bicyclic) bond motifs is 6. The fourth-order valence-electron chi connectivity index (χ4n) is 2.38. The molecule has 0 saturated heterocycles. The predicted octanol–water partition coefficient (Wildman–Crippen LogP) is 5.27. The van der Waals surface area contributed by atoms with Crippen molar-refractivity contribution in [2.45, 2.75) is 0 Å². The van der Waals surface area contributed by atoms with Crippen molar-refractivity contribution in [2.24, 2.45) is 0 Å². The second-order valence-electron chi connectivity index (χ2n) is 3.94. The van der Waals surface area contributed by atoms with Gasteiger partial charge >= 0.3 is 0 Å². The van der Waals surface area contributed by atoms with E-state index in [2.05, 4.69) is 45.8 Å². The molecule has 2 heterocycles. The van der Waals surface area contributed by atoms with Crippen molar-refractivity contribution in [1.82, 2.24) is 0 Å². The molecule has 4 aromatic rings. The molecule has 2 heteroatoms. The minimum Gasteiger partial charge on any atom is -0.151 e. The maximum atomic E-state index is 2.26. The van der Waals surface area contributed by atoms with E-state index in [-0.39, 0.29) is 0 Å². The smallest absolute Gasteiger partial charge is 0.00167 e. The van der Waals surface area contributed by atoms with Crippen LogP contribution in [0.5, 0.6) is 0 Å². The predicted molar refractivity (Wildman–Crippen MR) is 74.7 cm³/mol. The van der Waals surface area contributed by atoms with Gasteiger partial charge in [-0.15, -0.1) is 0 Å². The molecule has 16 heavy (non-hydrogen) atoms. The summed E-state index contributed by atoms with van der Waals surface area (Å²) in [7, 11) is 0. The van der Waals surface area contributed by atoms with E-state index in [0.717, 1.165) is 0 Å². The molecule has 76 valence electrons. The third kappa shape index (κ3) is 0.984. The van der Waals surface area contributed by atoms with Crippen molar-refractivity contribution in [3.8, 4) is 0 Å². The van der Waals surface area contributed by atoms with Crippen LogP contribution >= 0.6 is 22.7 Å². The van der Waals surface area contributed by atoms with Crippen LogP contribution in [0.4, 0.5) is 0 Å². The van der Waals surface area contributed by atoms with Crippen LogP contribution in [0, 0.1) is 0 Å². The largest absolute Gasteiger partial charge is 0.151 e. The van der Waals surface area contributed by atoms with Crippen LogP contribution in [0.3, 0.4) is 0 Å². The highest BCUT2D eigenvalue weighted by Gasteiger charge is 2.08. The molecule has 0 unspecified atom stereocenters. The highest BCUT2D eigenvalue weighted by Crippen LogP contribution is 2.38. The fourth-order valence-corrected chi connectivity index (χ4v) is 4.08. The Kier molecular flexibility index (Phi) is 1.67. The Morgan fingerprint density at radius 3 is 1.31 bits per heavy atom. The van der Waals surface area contributed by atoms with Crippen LogP contribution in [-0.4, -0.2) is 0 Å². The van der Waals surface area contributed by atoms with E-state index in [9.17, 15) is 0 Å². The molecule has 0 amide bonds. The molecule has 0 aliphatic heterocycles. The van der Waals surface area contributed by atoms with Crippen molar-refractivity contribution >= 4 is 55.0 Å². The fraction of sp³-hybridized carbons (Fsp3) is 0. The van der Waals surface area contributed by atoms with Gasteiger partial charge in [0.1, 0.15) is 0 Å². The molecular weight excluding hydrogens is 232 g/mol. The first kappa shape index (κ1) is 8.74. The zero-order valence-electron chi connectivity index (χ0n) is 8.44. The molecule has 2 aromatic carbocycles. The van der Waals surface area contributed by atoms with E-state index in [1.165, 1.54) is 32.3 Å². The highest BCUT2D eigenvalue weighted by molar-refractivity contribution is 7.11. The number of thiophene rings is 2. The van der Waals surface area contributed by atoms with Gasteiger partial charge in [0.2, 0.25) is 0 Å². The van der Waals surface area contributed by atoms with E-state index < -0.39 is 0 Å². The van der Waals surface area contributed by atoms with Crippen LogP contribution in [0.25, 0.3) is 32.3 Å². The van der Waals surface area contributed by atoms with Gasteiger partial charge in [0.15, 0.2) is 0 Å². The molecule has 0 spiro atoms. The monoisotopic (exact) mass is 240 g/mol. The Morgan fingerprint density at radius 2 is 0.875 bits per heavy atom. The zero-order chi connectivity index (χ0) is 10.5. The lowest BCUT2D eigenvalue weighted by atomic mass is 10.0. The van der Waals surface area contributed by atoms with Crippen molar-refractivity contribution in [3.05, 3.63) is 45.8 Å². The van der Waals surface area contributed by atoms with Gasteiger partial charge in [-0.25, -0.2) is 0 Å². The van der Waals surface area contributed by atoms with Gasteiger partial charge in [0.05, 0.1) is 0 Å². The number of hydrogen-bond acceptors (Lipinski definition) is 2. The average molecular weight is 240 g/mol. The molecular formula is C14H8S2. The molecule has 0 nitrogen and oxygen atoms in total. The average Bonchev–Trinajstić information content (AvgIpc) is 2.98. The second-order valence-corrected chi connectivity index (χ2v) is 5.43. The van der Waals surface area contributed by atoms with Crippen LogP contribution in [0.1, 0.15) is 0 Å². The Morgan fingerprint density at radius 1 is 0.500 bits per heavy atom. The lowest BCUT2D eigenvalue weighted by molar-refractivity contribution is 1.85. The molecule has 0 fully saturated rings. The zero-order valence-corrected chi connectivity index (χ0v) is 10.1. The first-order valence-corrected chi connectivity index (χ1v) is 7.06. The highest BCUT2D eigenvalue weighted by atomic mass is 32.1. The first-order valence-electron chi connectivity index (χ1n) is 5.17. The minimum atomic E-state index is 1.38. The van der Waals surface area contributed by atoms with Gasteiger partial charge in [-0.2, -0.15) is 22.7 Å². The minimum absolute atomic E-state index is 1.38. The summed E-state index contributed by atoms with van der Waals surface area (Å²) in [5.41, 5.74) is 0. The summed E-state index contributed by atoms with van der Waals surface area (Å²) in [5.74, 6) is 0. The van der Waals surface area contributed by atoms with Crippen LogP contribution in [-0.2, 0) is 0 Å². The molecule has 0 N–H and O–H groups in total. The summed E-state index contributed by atoms with van der Waals surface area (Å²) in [6.45, 7) is 0. The molecule has 4 rings (SSSR count). The van der Waals surface area contributed by atoms with Gasteiger partial charge in [-0.05, 0) is 32.3 Å². The van der Waals surface area contributed by atoms with Crippen molar-refractivity contribution in [1.29, 1.82) is 0 Å². The normalized spacial score (nSPS) is 11.8. The molecule has 0 bridgehead atoms. The van der Waals surface area contributed by atoms with E-state index in [4.69, 9.17) is 0 Å². The van der Waals surface area contributed by atoms with E-state index in [1.807, 2.05) is 0 Å². The van der Waals surface area contributed by atoms with Crippen LogP contribution in [0.2, 0.25) is 0 Å². The van der Waals surface area contributed by atoms with E-state index in [0.29, 0.717) is 0 Å². The lowest BCUT2D eigenvalue weighted by Gasteiger charge is -2.02. The number of rotatable bonds is 0. The van der Waals surface area contributed by atoms with Crippen molar-refractivity contribution in [2.75, 3.05) is 0 Å². The second kappa shape index (κ2) is 3.06. The quantitative estimate of drug-likeness (QED) is 0.393. The summed E-state index contributed by atoms with van der Waals surface area (Å²) < 4.78 is 0. The molecule has 0 saturated carbocycles. The summed E-state index contributed by atoms with van der Waals surface area (Å²) >= 11 is 3.58. The van der Waals surface area contributed by atoms with Crippen molar-refractivity contribution in [3.63, 3.8) is 0 Å². The molecule has 0 aliphatic rings. The van der Waals surface area contributed by atoms with E-state index >= 15 is 0 Å². The topological polar surface area (TPSA) is 0 Å². The maximum absolute atomic E-state index is 2.26. The summed E-state index contributed by atoms with van der Waals surface area (Å²) in [6, 6.07) is 8.69. The molecule has 0 radical (unpaired) electrons. The molecule has 0 aliphatic carbocycles. The Hall–Kier alpha value is -1.38. The lowest BCUT2D eigenvalue weighted by Crippen LogP contribution is -1.75. The Balaban J connectivity index is 2.51. The van der Waals surface area contributed by atoms with Gasteiger partial charge in [0.25, 0.3) is 0 Å². The van der Waals surface area contributed by atoms with Crippen LogP contribution in [0.15, 0.2) is 45.8 Å². The Labute approximate surface area is 101 Å². The Bertz CT molecular complexity index is 736. The number of hydrogen-bond donors (Lipinski definition) is 0. The SMILES string of the molecule is c1ccc2c(c1)c1cscc1c1cscc21. The van der Waals surface area contributed by atoms with Gasteiger partial charge in [-0.1, -0.05) is 24.3 Å². The standard InChI is InChI=1S/C14H8S2/c1-2-4-10-9(3-1)11-5-15-7-13(11)14-8-16-6-12(10)14/h1-8H. The third-order valence-electron chi connectivity index (χ3n) is 3.12.